The van der Waals surface area contributed by atoms with Crippen LogP contribution in [0.25, 0.3) is 11.0 Å². The maximum absolute atomic E-state index is 11.9. The fourth-order valence-electron chi connectivity index (χ4n) is 2.83. The van der Waals surface area contributed by atoms with Crippen LogP contribution in [-0.2, 0) is 17.6 Å². The van der Waals surface area contributed by atoms with Crippen molar-refractivity contribution in [1.82, 2.24) is 15.3 Å². The molecule has 5 heteroatoms. The van der Waals surface area contributed by atoms with Crippen LogP contribution in [0.1, 0.15) is 38.4 Å². The van der Waals surface area contributed by atoms with E-state index in [2.05, 4.69) is 15.3 Å². The van der Waals surface area contributed by atoms with Gasteiger partial charge in [-0.15, -0.1) is 0 Å². The Bertz CT molecular complexity index is 670. The zero-order valence-corrected chi connectivity index (χ0v) is 12.7. The molecule has 0 spiro atoms. The van der Waals surface area contributed by atoms with E-state index < -0.39 is 5.60 Å². The van der Waals surface area contributed by atoms with Crippen molar-refractivity contribution in [1.29, 1.82) is 0 Å². The quantitative estimate of drug-likeness (QED) is 0.847. The lowest BCUT2D eigenvalue weighted by molar-refractivity contribution is 0.0500. The number of nitrogens with zero attached hydrogens (tertiary/aromatic N) is 1. The third-order valence-corrected chi connectivity index (χ3v) is 3.66. The van der Waals surface area contributed by atoms with E-state index in [0.29, 0.717) is 0 Å². The predicted molar refractivity (Wildman–Crippen MR) is 81.3 cm³/mol. The molecule has 0 saturated carbocycles. The topological polar surface area (TPSA) is 67.0 Å². The second kappa shape index (κ2) is 5.06. The van der Waals surface area contributed by atoms with Gasteiger partial charge in [0.05, 0.1) is 11.0 Å². The van der Waals surface area contributed by atoms with Crippen LogP contribution in [0, 0.1) is 0 Å². The highest BCUT2D eigenvalue weighted by Crippen LogP contribution is 2.27. The number of H-pyrrole nitrogens is 1. The molecule has 1 atom stereocenters. The maximum Gasteiger partial charge on any atom is 0.407 e. The first-order valence-corrected chi connectivity index (χ1v) is 7.36. The van der Waals surface area contributed by atoms with Crippen molar-refractivity contribution >= 4 is 17.1 Å². The number of aromatic amines is 1. The predicted octanol–water partition coefficient (Wildman–Crippen LogP) is 2.94. The molecule has 1 amide bonds. The first kappa shape index (κ1) is 13.9. The monoisotopic (exact) mass is 287 g/mol. The maximum atomic E-state index is 11.9. The van der Waals surface area contributed by atoms with Gasteiger partial charge in [-0.25, -0.2) is 4.79 Å². The van der Waals surface area contributed by atoms with Crippen LogP contribution in [0.5, 0.6) is 0 Å². The number of aryl methyl sites for hydroxylation is 1. The molecule has 5 nitrogen and oxygen atoms in total. The lowest BCUT2D eigenvalue weighted by Gasteiger charge is -2.26. The van der Waals surface area contributed by atoms with E-state index in [1.165, 1.54) is 11.3 Å². The highest BCUT2D eigenvalue weighted by molar-refractivity contribution is 5.80. The molecule has 2 aromatic heterocycles. The number of fused-ring (bicyclic) bond motifs is 3. The Labute approximate surface area is 124 Å². The summed E-state index contributed by atoms with van der Waals surface area (Å²) < 4.78 is 5.32. The van der Waals surface area contributed by atoms with Gasteiger partial charge in [0, 0.05) is 23.5 Å². The number of carbonyl (C=O) groups excluding carboxylic acids is 1. The first-order chi connectivity index (χ1) is 9.92. The van der Waals surface area contributed by atoms with Crippen LogP contribution in [0.4, 0.5) is 4.79 Å². The summed E-state index contributed by atoms with van der Waals surface area (Å²) in [4.78, 5) is 19.8. The number of hydrogen-bond acceptors (Lipinski definition) is 3. The Kier molecular flexibility index (Phi) is 3.35. The summed E-state index contributed by atoms with van der Waals surface area (Å²) >= 11 is 0. The van der Waals surface area contributed by atoms with Crippen molar-refractivity contribution < 1.29 is 9.53 Å². The molecule has 0 fully saturated rings. The van der Waals surface area contributed by atoms with Crippen LogP contribution < -0.4 is 5.32 Å². The molecule has 112 valence electrons. The van der Waals surface area contributed by atoms with Crippen LogP contribution in [-0.4, -0.2) is 27.7 Å². The van der Waals surface area contributed by atoms with E-state index in [1.54, 1.807) is 6.20 Å². The van der Waals surface area contributed by atoms with E-state index in [9.17, 15) is 4.79 Å². The minimum Gasteiger partial charge on any atom is -0.444 e. The SMILES string of the molecule is CC(C)(C)OC(=O)NC1CCc2[nH]c3cccnc3c2C1. The van der Waals surface area contributed by atoms with E-state index in [-0.39, 0.29) is 12.1 Å². The number of nitrogens with one attached hydrogen (secondary N) is 2. The summed E-state index contributed by atoms with van der Waals surface area (Å²) in [6.07, 6.45) is 4.10. The van der Waals surface area contributed by atoms with Gasteiger partial charge in [0.1, 0.15) is 5.60 Å². The van der Waals surface area contributed by atoms with Gasteiger partial charge < -0.3 is 15.0 Å². The van der Waals surface area contributed by atoms with Gasteiger partial charge in [-0.1, -0.05) is 0 Å². The molecule has 2 heterocycles. The third-order valence-electron chi connectivity index (χ3n) is 3.66. The fourth-order valence-corrected chi connectivity index (χ4v) is 2.83. The summed E-state index contributed by atoms with van der Waals surface area (Å²) in [5, 5.41) is 2.97. The van der Waals surface area contributed by atoms with Gasteiger partial charge in [0.2, 0.25) is 0 Å². The average Bonchev–Trinajstić information content (AvgIpc) is 2.74. The number of amides is 1. The number of aromatic nitrogens is 2. The summed E-state index contributed by atoms with van der Waals surface area (Å²) in [5.41, 5.74) is 4.08. The fraction of sp³-hybridized carbons (Fsp3) is 0.500. The van der Waals surface area contributed by atoms with Crippen LogP contribution in [0.2, 0.25) is 0 Å². The summed E-state index contributed by atoms with van der Waals surface area (Å²) in [5.74, 6) is 0. The number of rotatable bonds is 1. The Hall–Kier alpha value is -2.04. The van der Waals surface area contributed by atoms with Crippen molar-refractivity contribution in [3.8, 4) is 0 Å². The zero-order valence-electron chi connectivity index (χ0n) is 12.7. The molecule has 0 saturated heterocycles. The van der Waals surface area contributed by atoms with Gasteiger partial charge in [-0.2, -0.15) is 0 Å². The van der Waals surface area contributed by atoms with Gasteiger partial charge >= 0.3 is 6.09 Å². The molecule has 3 rings (SSSR count). The average molecular weight is 287 g/mol. The molecule has 0 aromatic carbocycles. The van der Waals surface area contributed by atoms with Crippen LogP contribution >= 0.6 is 0 Å². The van der Waals surface area contributed by atoms with E-state index >= 15 is 0 Å². The standard InChI is InChI=1S/C16H21N3O2/c1-16(2,3)21-15(20)18-10-6-7-12-11(9-10)14-13(19-12)5-4-8-17-14/h4-5,8,10,19H,6-7,9H2,1-3H3,(H,18,20). The molecule has 2 aromatic rings. The molecule has 1 aliphatic rings. The number of pyridine rings is 1. The Morgan fingerprint density at radius 1 is 1.48 bits per heavy atom. The molecule has 2 N–H and O–H groups in total. The van der Waals surface area contributed by atoms with E-state index in [1.807, 2.05) is 32.9 Å². The summed E-state index contributed by atoms with van der Waals surface area (Å²) in [6.45, 7) is 5.61. The lowest BCUT2D eigenvalue weighted by atomic mass is 9.93. The third kappa shape index (κ3) is 3.01. The highest BCUT2D eigenvalue weighted by atomic mass is 16.6. The normalized spacial score (nSPS) is 18.3. The van der Waals surface area contributed by atoms with E-state index in [4.69, 9.17) is 4.74 Å². The number of alkyl carbamates (subject to hydrolysis) is 1. The summed E-state index contributed by atoms with van der Waals surface area (Å²) in [7, 11) is 0. The molecule has 1 aliphatic carbocycles. The van der Waals surface area contributed by atoms with Crippen molar-refractivity contribution in [2.24, 2.45) is 0 Å². The number of hydrogen-bond donors (Lipinski definition) is 2. The van der Waals surface area contributed by atoms with Crippen molar-refractivity contribution in [3.63, 3.8) is 0 Å². The van der Waals surface area contributed by atoms with E-state index in [0.717, 1.165) is 30.3 Å². The van der Waals surface area contributed by atoms with Gasteiger partial charge in [-0.3, -0.25) is 4.98 Å². The minimum atomic E-state index is -0.466. The zero-order chi connectivity index (χ0) is 15.0. The highest BCUT2D eigenvalue weighted by Gasteiger charge is 2.26. The van der Waals surface area contributed by atoms with Crippen LogP contribution in [0.3, 0.4) is 0 Å². The van der Waals surface area contributed by atoms with Crippen molar-refractivity contribution in [2.45, 2.75) is 51.7 Å². The molecule has 1 unspecified atom stereocenters. The van der Waals surface area contributed by atoms with Crippen molar-refractivity contribution in [3.05, 3.63) is 29.6 Å². The molecular formula is C16H21N3O2. The van der Waals surface area contributed by atoms with Gasteiger partial charge in [0.15, 0.2) is 0 Å². The lowest BCUT2D eigenvalue weighted by Crippen LogP contribution is -2.41. The molecule has 0 radical (unpaired) electrons. The number of ether oxygens (including phenoxy) is 1. The molecule has 21 heavy (non-hydrogen) atoms. The molecule has 0 aliphatic heterocycles. The minimum absolute atomic E-state index is 0.105. The van der Waals surface area contributed by atoms with Gasteiger partial charge in [0.25, 0.3) is 0 Å². The Morgan fingerprint density at radius 3 is 3.05 bits per heavy atom. The molecular weight excluding hydrogens is 266 g/mol. The second-order valence-corrected chi connectivity index (χ2v) is 6.57. The van der Waals surface area contributed by atoms with Crippen molar-refractivity contribution in [2.75, 3.05) is 0 Å². The molecule has 0 bridgehead atoms. The largest absolute Gasteiger partial charge is 0.444 e. The van der Waals surface area contributed by atoms with Gasteiger partial charge in [-0.05, 0) is 52.2 Å². The first-order valence-electron chi connectivity index (χ1n) is 7.36. The summed E-state index contributed by atoms with van der Waals surface area (Å²) in [6, 6.07) is 4.07. The Balaban J connectivity index is 1.74. The second-order valence-electron chi connectivity index (χ2n) is 6.57. The Morgan fingerprint density at radius 2 is 2.29 bits per heavy atom. The smallest absolute Gasteiger partial charge is 0.407 e. The van der Waals surface area contributed by atoms with Crippen LogP contribution in [0.15, 0.2) is 18.3 Å². The number of carbonyl (C=O) groups is 1.